The van der Waals surface area contributed by atoms with Crippen LogP contribution in [0.4, 0.5) is 10.5 Å². The van der Waals surface area contributed by atoms with Gasteiger partial charge in [-0.25, -0.2) is 4.79 Å². The fourth-order valence-corrected chi connectivity index (χ4v) is 4.64. The highest BCUT2D eigenvalue weighted by Crippen LogP contribution is 2.27. The number of likely N-dealkylation sites (tertiary alicyclic amines) is 1. The van der Waals surface area contributed by atoms with Gasteiger partial charge < -0.3 is 20.4 Å². The van der Waals surface area contributed by atoms with Gasteiger partial charge in [0.25, 0.3) is 5.91 Å². The Morgan fingerprint density at radius 1 is 0.939 bits per heavy atom. The highest BCUT2D eigenvalue weighted by molar-refractivity contribution is 6.00. The molecule has 5 rings (SSSR count). The Hall–Kier alpha value is -3.87. The summed E-state index contributed by atoms with van der Waals surface area (Å²) < 4.78 is 0. The predicted octanol–water partition coefficient (Wildman–Crippen LogP) is 3.61. The Morgan fingerprint density at radius 2 is 1.67 bits per heavy atom. The molecule has 4 amide bonds. The molecule has 2 aliphatic heterocycles. The number of anilines is 1. The van der Waals surface area contributed by atoms with E-state index in [-0.39, 0.29) is 30.4 Å². The molecule has 33 heavy (non-hydrogen) atoms. The molecule has 7 nitrogen and oxygen atoms in total. The van der Waals surface area contributed by atoms with Crippen molar-refractivity contribution in [3.05, 3.63) is 77.9 Å². The number of rotatable bonds is 4. The number of para-hydroxylation sites is 1. The fraction of sp³-hybridized carbons (Fsp3) is 0.269. The first-order valence-corrected chi connectivity index (χ1v) is 11.3. The number of hydrogen-bond acceptors (Lipinski definition) is 3. The first kappa shape index (κ1) is 21.0. The van der Waals surface area contributed by atoms with E-state index in [2.05, 4.69) is 10.6 Å². The average Bonchev–Trinajstić information content (AvgIpc) is 2.86. The molecule has 0 unspecified atom stereocenters. The van der Waals surface area contributed by atoms with Crippen LogP contribution in [0.2, 0.25) is 0 Å². The molecule has 0 aliphatic carbocycles. The van der Waals surface area contributed by atoms with Gasteiger partial charge in [0.2, 0.25) is 5.91 Å². The minimum absolute atomic E-state index is 0.0338. The number of carbonyl (C=O) groups excluding carboxylic acids is 3. The van der Waals surface area contributed by atoms with E-state index in [9.17, 15) is 14.4 Å². The summed E-state index contributed by atoms with van der Waals surface area (Å²) in [5.74, 6) is -0.358. The van der Waals surface area contributed by atoms with Crippen molar-refractivity contribution in [3.8, 4) is 0 Å². The van der Waals surface area contributed by atoms with Crippen LogP contribution in [0.1, 0.15) is 28.8 Å². The quantitative estimate of drug-likeness (QED) is 0.648. The molecular formula is C26H26N4O3. The second-order valence-electron chi connectivity index (χ2n) is 8.57. The van der Waals surface area contributed by atoms with Crippen molar-refractivity contribution >= 4 is 34.3 Å². The lowest BCUT2D eigenvalue weighted by atomic mass is 10.0. The zero-order valence-corrected chi connectivity index (χ0v) is 18.3. The summed E-state index contributed by atoms with van der Waals surface area (Å²) in [5, 5.41) is 7.77. The second kappa shape index (κ2) is 8.94. The SMILES string of the molecule is O=C(NCC(=O)N1CCC(N2Cc3ccccc3NC2=O)CC1)c1ccc2ccccc2c1. The molecule has 0 saturated carbocycles. The van der Waals surface area contributed by atoms with Crippen molar-refractivity contribution in [2.45, 2.75) is 25.4 Å². The number of hydrogen-bond donors (Lipinski definition) is 2. The van der Waals surface area contributed by atoms with Crippen molar-refractivity contribution in [2.24, 2.45) is 0 Å². The molecule has 1 saturated heterocycles. The van der Waals surface area contributed by atoms with Crippen LogP contribution in [0.3, 0.4) is 0 Å². The third kappa shape index (κ3) is 4.39. The van der Waals surface area contributed by atoms with Gasteiger partial charge in [-0.15, -0.1) is 0 Å². The Morgan fingerprint density at radius 3 is 2.48 bits per heavy atom. The third-order valence-corrected chi connectivity index (χ3v) is 6.53. The fourth-order valence-electron chi connectivity index (χ4n) is 4.64. The van der Waals surface area contributed by atoms with Crippen LogP contribution in [0, 0.1) is 0 Å². The maximum atomic E-state index is 12.7. The smallest absolute Gasteiger partial charge is 0.322 e. The van der Waals surface area contributed by atoms with Crippen LogP contribution in [-0.4, -0.2) is 53.3 Å². The van der Waals surface area contributed by atoms with E-state index in [1.54, 1.807) is 11.0 Å². The number of nitrogens with zero attached hydrogens (tertiary/aromatic N) is 2. The maximum Gasteiger partial charge on any atom is 0.322 e. The molecule has 2 aliphatic rings. The van der Waals surface area contributed by atoms with Crippen molar-refractivity contribution in [1.29, 1.82) is 0 Å². The molecule has 3 aromatic rings. The first-order valence-electron chi connectivity index (χ1n) is 11.3. The van der Waals surface area contributed by atoms with E-state index in [1.165, 1.54) is 0 Å². The van der Waals surface area contributed by atoms with Crippen molar-refractivity contribution in [2.75, 3.05) is 25.0 Å². The normalized spacial score (nSPS) is 16.3. The summed E-state index contributed by atoms with van der Waals surface area (Å²) in [6.07, 6.45) is 1.44. The molecule has 3 aromatic carbocycles. The zero-order valence-electron chi connectivity index (χ0n) is 18.3. The predicted molar refractivity (Wildman–Crippen MR) is 127 cm³/mol. The average molecular weight is 443 g/mol. The molecular weight excluding hydrogens is 416 g/mol. The zero-order chi connectivity index (χ0) is 22.8. The molecule has 7 heteroatoms. The van der Waals surface area contributed by atoms with Crippen molar-refractivity contribution in [3.63, 3.8) is 0 Å². The summed E-state index contributed by atoms with van der Waals surface area (Å²) in [5.41, 5.74) is 2.51. The van der Waals surface area contributed by atoms with Gasteiger partial charge in [-0.2, -0.15) is 0 Å². The largest absolute Gasteiger partial charge is 0.343 e. The molecule has 168 valence electrons. The number of carbonyl (C=O) groups is 3. The van der Waals surface area contributed by atoms with Crippen molar-refractivity contribution < 1.29 is 14.4 Å². The van der Waals surface area contributed by atoms with E-state index < -0.39 is 0 Å². The number of urea groups is 1. The summed E-state index contributed by atoms with van der Waals surface area (Å²) in [4.78, 5) is 41.4. The second-order valence-corrected chi connectivity index (χ2v) is 8.57. The summed E-state index contributed by atoms with van der Waals surface area (Å²) in [6.45, 7) is 1.69. The highest BCUT2D eigenvalue weighted by Gasteiger charge is 2.32. The van der Waals surface area contributed by atoms with Crippen LogP contribution >= 0.6 is 0 Å². The van der Waals surface area contributed by atoms with Crippen LogP contribution in [0.5, 0.6) is 0 Å². The minimum Gasteiger partial charge on any atom is -0.343 e. The van der Waals surface area contributed by atoms with Gasteiger partial charge in [0.1, 0.15) is 0 Å². The number of piperidine rings is 1. The van der Waals surface area contributed by atoms with Crippen molar-refractivity contribution in [1.82, 2.24) is 15.1 Å². The number of nitrogens with one attached hydrogen (secondary N) is 2. The van der Waals surface area contributed by atoms with E-state index in [0.29, 0.717) is 25.2 Å². The molecule has 0 bridgehead atoms. The molecule has 0 atom stereocenters. The van der Waals surface area contributed by atoms with Gasteiger partial charge in [0.05, 0.1) is 6.54 Å². The van der Waals surface area contributed by atoms with E-state index >= 15 is 0 Å². The van der Waals surface area contributed by atoms with Crippen LogP contribution < -0.4 is 10.6 Å². The minimum atomic E-state index is -0.257. The van der Waals surface area contributed by atoms with Gasteiger partial charge in [-0.1, -0.05) is 48.5 Å². The Balaban J connectivity index is 1.13. The molecule has 1 fully saturated rings. The molecule has 0 radical (unpaired) electrons. The number of benzene rings is 3. The van der Waals surface area contributed by atoms with Crippen LogP contribution in [-0.2, 0) is 11.3 Å². The molecule has 2 heterocycles. The monoisotopic (exact) mass is 442 g/mol. The van der Waals surface area contributed by atoms with Gasteiger partial charge in [-0.3, -0.25) is 9.59 Å². The van der Waals surface area contributed by atoms with Gasteiger partial charge >= 0.3 is 6.03 Å². The first-order chi connectivity index (χ1) is 16.1. The van der Waals surface area contributed by atoms with E-state index in [1.807, 2.05) is 65.6 Å². The lowest BCUT2D eigenvalue weighted by molar-refractivity contribution is -0.131. The summed E-state index contributed by atoms with van der Waals surface area (Å²) in [6, 6.07) is 21.2. The maximum absolute atomic E-state index is 12.7. The Labute approximate surface area is 192 Å². The van der Waals surface area contributed by atoms with Crippen LogP contribution in [0.25, 0.3) is 10.8 Å². The van der Waals surface area contributed by atoms with E-state index in [4.69, 9.17) is 0 Å². The highest BCUT2D eigenvalue weighted by atomic mass is 16.2. The van der Waals surface area contributed by atoms with Gasteiger partial charge in [0, 0.05) is 36.9 Å². The third-order valence-electron chi connectivity index (χ3n) is 6.53. The molecule has 2 N–H and O–H groups in total. The number of fused-ring (bicyclic) bond motifs is 2. The summed E-state index contributed by atoms with van der Waals surface area (Å²) in [7, 11) is 0. The van der Waals surface area contributed by atoms with Gasteiger partial charge in [0.15, 0.2) is 0 Å². The van der Waals surface area contributed by atoms with E-state index in [0.717, 1.165) is 34.9 Å². The van der Waals surface area contributed by atoms with Crippen LogP contribution in [0.15, 0.2) is 66.7 Å². The Kier molecular flexibility index (Phi) is 5.69. The summed E-state index contributed by atoms with van der Waals surface area (Å²) >= 11 is 0. The standard InChI is InChI=1S/C26H26N4O3/c31-24(16-27-25(32)20-10-9-18-5-1-2-6-19(18)15-20)29-13-11-22(12-14-29)30-17-21-7-3-4-8-23(21)28-26(30)33/h1-10,15,22H,11-14,16-17H2,(H,27,32)(H,28,33). The number of amides is 4. The lowest BCUT2D eigenvalue weighted by Crippen LogP contribution is -2.52. The Bertz CT molecular complexity index is 1220. The van der Waals surface area contributed by atoms with Gasteiger partial charge in [-0.05, 0) is 47.4 Å². The molecule has 0 spiro atoms. The topological polar surface area (TPSA) is 81.8 Å². The lowest BCUT2D eigenvalue weighted by Gasteiger charge is -2.40. The molecule has 0 aromatic heterocycles.